The van der Waals surface area contributed by atoms with Crippen LogP contribution in [0.25, 0.3) is 0 Å². The van der Waals surface area contributed by atoms with Gasteiger partial charge in [-0.2, -0.15) is 0 Å². The highest BCUT2D eigenvalue weighted by Crippen LogP contribution is 2.21. The summed E-state index contributed by atoms with van der Waals surface area (Å²) >= 11 is 3.20. The Hall–Kier alpha value is -2.47. The van der Waals surface area contributed by atoms with Gasteiger partial charge < -0.3 is 10.4 Å². The van der Waals surface area contributed by atoms with E-state index in [1.807, 2.05) is 6.07 Å². The first-order valence-corrected chi connectivity index (χ1v) is 8.17. The van der Waals surface area contributed by atoms with Crippen molar-refractivity contribution in [1.82, 2.24) is 0 Å². The second-order valence-corrected chi connectivity index (χ2v) is 6.10. The maximum Gasteiger partial charge on any atom is 0.337 e. The van der Waals surface area contributed by atoms with Crippen molar-refractivity contribution in [3.8, 4) is 0 Å². The van der Waals surface area contributed by atoms with Gasteiger partial charge in [0.2, 0.25) is 5.91 Å². The van der Waals surface area contributed by atoms with Crippen molar-refractivity contribution in [2.24, 2.45) is 0 Å². The lowest BCUT2D eigenvalue weighted by Gasteiger charge is -2.09. The van der Waals surface area contributed by atoms with E-state index in [1.54, 1.807) is 30.3 Å². The summed E-state index contributed by atoms with van der Waals surface area (Å²) in [5.74, 6) is -1.45. The lowest BCUT2D eigenvalue weighted by Crippen LogP contribution is -2.14. The molecule has 0 saturated heterocycles. The van der Waals surface area contributed by atoms with Gasteiger partial charge >= 0.3 is 5.97 Å². The number of hydrogen-bond donors (Lipinski definition) is 2. The molecule has 5 nitrogen and oxygen atoms in total. The molecule has 0 atom stereocenters. The van der Waals surface area contributed by atoms with Gasteiger partial charge in [0, 0.05) is 22.9 Å². The van der Waals surface area contributed by atoms with Gasteiger partial charge in [-0.15, -0.1) is 0 Å². The van der Waals surface area contributed by atoms with Gasteiger partial charge in [0.15, 0.2) is 5.78 Å². The van der Waals surface area contributed by atoms with Crippen molar-refractivity contribution in [2.45, 2.75) is 19.3 Å². The minimum atomic E-state index is -1.12. The molecule has 2 rings (SSSR count). The summed E-state index contributed by atoms with van der Waals surface area (Å²) in [5.41, 5.74) is 0.877. The van der Waals surface area contributed by atoms with Crippen LogP contribution in [0.15, 0.2) is 53.0 Å². The van der Waals surface area contributed by atoms with E-state index in [9.17, 15) is 14.4 Å². The van der Waals surface area contributed by atoms with Crippen LogP contribution in [0.2, 0.25) is 0 Å². The standard InChI is InChI=1S/C18H16BrNO4/c19-13-9-10-15(14(11-13)18(23)24)20-17(22)8-4-7-16(21)12-5-2-1-3-6-12/h1-3,5-6,9-11H,4,7-8H2,(H,20,22)(H,23,24). The first-order chi connectivity index (χ1) is 11.5. The Balaban J connectivity index is 1.88. The van der Waals surface area contributed by atoms with Gasteiger partial charge in [-0.3, -0.25) is 9.59 Å². The second kappa shape index (κ2) is 8.40. The maximum absolute atomic E-state index is 12.0. The average molecular weight is 390 g/mol. The van der Waals surface area contributed by atoms with Crippen LogP contribution in [0.3, 0.4) is 0 Å². The van der Waals surface area contributed by atoms with Gasteiger partial charge in [-0.25, -0.2) is 4.79 Å². The second-order valence-electron chi connectivity index (χ2n) is 5.19. The molecule has 24 heavy (non-hydrogen) atoms. The molecule has 0 saturated carbocycles. The van der Waals surface area contributed by atoms with Crippen molar-refractivity contribution < 1.29 is 19.5 Å². The molecule has 1 amide bonds. The van der Waals surface area contributed by atoms with E-state index in [4.69, 9.17) is 5.11 Å². The summed E-state index contributed by atoms with van der Waals surface area (Å²) in [6, 6.07) is 13.5. The van der Waals surface area contributed by atoms with E-state index in [0.29, 0.717) is 16.5 Å². The maximum atomic E-state index is 12.0. The Morgan fingerprint density at radius 1 is 1.00 bits per heavy atom. The number of carboxylic acids is 1. The lowest BCUT2D eigenvalue weighted by molar-refractivity contribution is -0.116. The Labute approximate surface area is 147 Å². The van der Waals surface area contributed by atoms with Crippen LogP contribution in [-0.4, -0.2) is 22.8 Å². The van der Waals surface area contributed by atoms with Crippen molar-refractivity contribution in [1.29, 1.82) is 0 Å². The molecule has 2 aromatic carbocycles. The van der Waals surface area contributed by atoms with E-state index in [1.165, 1.54) is 12.1 Å². The smallest absolute Gasteiger partial charge is 0.337 e. The molecular weight excluding hydrogens is 374 g/mol. The number of carbonyl (C=O) groups excluding carboxylic acids is 2. The highest BCUT2D eigenvalue weighted by atomic mass is 79.9. The Morgan fingerprint density at radius 3 is 2.38 bits per heavy atom. The van der Waals surface area contributed by atoms with Crippen LogP contribution >= 0.6 is 15.9 Å². The average Bonchev–Trinajstić information content (AvgIpc) is 2.57. The first kappa shape index (κ1) is 17.9. The number of amides is 1. The number of carboxylic acid groups (broad SMARTS) is 1. The predicted molar refractivity (Wildman–Crippen MR) is 94.4 cm³/mol. The van der Waals surface area contributed by atoms with E-state index < -0.39 is 5.97 Å². The zero-order chi connectivity index (χ0) is 17.5. The molecule has 0 spiro atoms. The Bertz CT molecular complexity index is 759. The molecule has 2 N–H and O–H groups in total. The SMILES string of the molecule is O=C(CCCC(=O)c1ccccc1)Nc1ccc(Br)cc1C(=O)O. The van der Waals surface area contributed by atoms with Crippen molar-refractivity contribution in [3.05, 3.63) is 64.1 Å². The summed E-state index contributed by atoms with van der Waals surface area (Å²) in [4.78, 5) is 35.1. The molecule has 0 radical (unpaired) electrons. The number of aromatic carboxylic acids is 1. The van der Waals surface area contributed by atoms with Gasteiger partial charge in [-0.1, -0.05) is 46.3 Å². The molecule has 0 aliphatic rings. The van der Waals surface area contributed by atoms with Crippen molar-refractivity contribution >= 4 is 39.3 Å². The largest absolute Gasteiger partial charge is 0.478 e. The van der Waals surface area contributed by atoms with Crippen LogP contribution in [0.5, 0.6) is 0 Å². The summed E-state index contributed by atoms with van der Waals surface area (Å²) in [6.07, 6.45) is 0.815. The third kappa shape index (κ3) is 5.03. The molecule has 2 aromatic rings. The number of rotatable bonds is 7. The summed E-state index contributed by atoms with van der Waals surface area (Å²) in [5, 5.41) is 11.7. The molecule has 0 aliphatic heterocycles. The number of Topliss-reactive ketones (excluding diaryl/α,β-unsaturated/α-hetero) is 1. The van der Waals surface area contributed by atoms with Gasteiger partial charge in [0.1, 0.15) is 0 Å². The summed E-state index contributed by atoms with van der Waals surface area (Å²) in [6.45, 7) is 0. The highest BCUT2D eigenvalue weighted by molar-refractivity contribution is 9.10. The van der Waals surface area contributed by atoms with Crippen LogP contribution in [-0.2, 0) is 4.79 Å². The number of ketones is 1. The molecular formula is C18H16BrNO4. The number of hydrogen-bond acceptors (Lipinski definition) is 3. The molecule has 0 aromatic heterocycles. The molecule has 0 heterocycles. The van der Waals surface area contributed by atoms with Crippen LogP contribution in [0, 0.1) is 0 Å². The van der Waals surface area contributed by atoms with Gasteiger partial charge in [0.25, 0.3) is 0 Å². The molecule has 0 bridgehead atoms. The Kier molecular flexibility index (Phi) is 6.26. The van der Waals surface area contributed by atoms with Crippen molar-refractivity contribution in [2.75, 3.05) is 5.32 Å². The summed E-state index contributed by atoms with van der Waals surface area (Å²) < 4.78 is 0.617. The predicted octanol–water partition coefficient (Wildman–Crippen LogP) is 4.14. The highest BCUT2D eigenvalue weighted by Gasteiger charge is 2.13. The van der Waals surface area contributed by atoms with Crippen LogP contribution in [0.1, 0.15) is 40.0 Å². The lowest BCUT2D eigenvalue weighted by atomic mass is 10.1. The van der Waals surface area contributed by atoms with E-state index >= 15 is 0 Å². The normalized spacial score (nSPS) is 10.2. The third-order valence-electron chi connectivity index (χ3n) is 3.39. The number of benzene rings is 2. The number of halogens is 1. The Morgan fingerprint density at radius 2 is 1.71 bits per heavy atom. The number of nitrogens with one attached hydrogen (secondary N) is 1. The summed E-state index contributed by atoms with van der Waals surface area (Å²) in [7, 11) is 0. The topological polar surface area (TPSA) is 83.5 Å². The third-order valence-corrected chi connectivity index (χ3v) is 3.88. The molecule has 6 heteroatoms. The first-order valence-electron chi connectivity index (χ1n) is 7.38. The molecule has 0 aliphatic carbocycles. The van der Waals surface area contributed by atoms with Crippen LogP contribution in [0.4, 0.5) is 5.69 Å². The number of anilines is 1. The fourth-order valence-electron chi connectivity index (χ4n) is 2.19. The zero-order valence-electron chi connectivity index (χ0n) is 12.8. The monoisotopic (exact) mass is 389 g/mol. The van der Waals surface area contributed by atoms with Gasteiger partial charge in [0.05, 0.1) is 11.3 Å². The zero-order valence-corrected chi connectivity index (χ0v) is 14.4. The molecule has 0 unspecified atom stereocenters. The fraction of sp³-hybridized carbons (Fsp3) is 0.167. The minimum absolute atomic E-state index is 0.0121. The van der Waals surface area contributed by atoms with E-state index in [2.05, 4.69) is 21.2 Å². The molecule has 124 valence electrons. The minimum Gasteiger partial charge on any atom is -0.478 e. The van der Waals surface area contributed by atoms with Gasteiger partial charge in [-0.05, 0) is 24.6 Å². The van der Waals surface area contributed by atoms with E-state index in [-0.39, 0.29) is 35.8 Å². The van der Waals surface area contributed by atoms with Crippen molar-refractivity contribution in [3.63, 3.8) is 0 Å². The fourth-order valence-corrected chi connectivity index (χ4v) is 2.55. The quantitative estimate of drug-likeness (QED) is 0.696. The molecule has 0 fully saturated rings. The van der Waals surface area contributed by atoms with E-state index in [0.717, 1.165) is 0 Å². The van der Waals surface area contributed by atoms with Crippen LogP contribution < -0.4 is 5.32 Å². The number of carbonyl (C=O) groups is 3.